The quantitative estimate of drug-likeness (QED) is 0.555. The van der Waals surface area contributed by atoms with E-state index < -0.39 is 9.85 Å². The highest BCUT2D eigenvalue weighted by atomic mass is 16.6. The molecule has 2 unspecified atom stereocenters. The van der Waals surface area contributed by atoms with Gasteiger partial charge in [0, 0.05) is 18.2 Å². The van der Waals surface area contributed by atoms with E-state index in [-0.39, 0.29) is 35.1 Å². The highest BCUT2D eigenvalue weighted by molar-refractivity contribution is 5.91. The number of fused-ring (bicyclic) bond motifs is 2. The minimum atomic E-state index is -0.505. The van der Waals surface area contributed by atoms with Crippen LogP contribution in [0.2, 0.25) is 0 Å². The van der Waals surface area contributed by atoms with Crippen molar-refractivity contribution in [3.8, 4) is 11.5 Å². The number of para-hydroxylation sites is 1. The lowest BCUT2D eigenvalue weighted by atomic mass is 10.2. The van der Waals surface area contributed by atoms with Gasteiger partial charge in [-0.1, -0.05) is 6.07 Å². The molecule has 0 amide bonds. The second-order valence-corrected chi connectivity index (χ2v) is 6.38. The zero-order valence-electron chi connectivity index (χ0n) is 16.0. The Kier molecular flexibility index (Phi) is 5.49. The van der Waals surface area contributed by atoms with Gasteiger partial charge in [-0.25, -0.2) is 9.98 Å². The average Bonchev–Trinajstić information content (AvgIpc) is 2.69. The first kappa shape index (κ1) is 20.5. The van der Waals surface area contributed by atoms with Crippen LogP contribution >= 0.6 is 0 Å². The van der Waals surface area contributed by atoms with E-state index in [1.165, 1.54) is 24.3 Å². The molecule has 0 fully saturated rings. The second kappa shape index (κ2) is 8.03. The highest BCUT2D eigenvalue weighted by Crippen LogP contribution is 2.39. The van der Waals surface area contributed by atoms with Crippen LogP contribution in [0.3, 0.4) is 0 Å². The third-order valence-corrected chi connectivity index (χ3v) is 4.26. The Morgan fingerprint density at radius 3 is 2.17 bits per heavy atom. The number of nitro groups is 2. The van der Waals surface area contributed by atoms with Gasteiger partial charge in [-0.3, -0.25) is 20.2 Å². The highest BCUT2D eigenvalue weighted by Gasteiger charge is 2.25. The summed E-state index contributed by atoms with van der Waals surface area (Å²) in [4.78, 5) is 28.2. The summed E-state index contributed by atoms with van der Waals surface area (Å²) >= 11 is 0. The first-order chi connectivity index (χ1) is 14.2. The molecule has 2 heterocycles. The van der Waals surface area contributed by atoms with Crippen LogP contribution in [0, 0.1) is 20.2 Å². The number of hydrogen-bond donors (Lipinski definition) is 2. The van der Waals surface area contributed by atoms with Gasteiger partial charge in [0.05, 0.1) is 9.85 Å². The van der Waals surface area contributed by atoms with Crippen LogP contribution in [0.1, 0.15) is 13.8 Å². The van der Waals surface area contributed by atoms with Crippen LogP contribution in [0.25, 0.3) is 0 Å². The second-order valence-electron chi connectivity index (χ2n) is 6.38. The van der Waals surface area contributed by atoms with Crippen molar-refractivity contribution in [2.75, 3.05) is 0 Å². The van der Waals surface area contributed by atoms with E-state index in [1.54, 1.807) is 26.0 Å². The number of ether oxygens (including phenoxy) is 2. The number of nitrogens with two attached hydrogens (primary N) is 2. The molecule has 30 heavy (non-hydrogen) atoms. The van der Waals surface area contributed by atoms with Crippen molar-refractivity contribution in [1.82, 2.24) is 0 Å². The van der Waals surface area contributed by atoms with Crippen LogP contribution in [0.15, 0.2) is 46.4 Å². The molecule has 2 aromatic carbocycles. The zero-order valence-corrected chi connectivity index (χ0v) is 16.0. The maximum Gasteiger partial charge on any atom is 0.298 e. The van der Waals surface area contributed by atoms with E-state index >= 15 is 0 Å². The summed E-state index contributed by atoms with van der Waals surface area (Å²) < 4.78 is 10.8. The van der Waals surface area contributed by atoms with Crippen LogP contribution in [0.4, 0.5) is 22.7 Å². The molecule has 12 heteroatoms. The van der Waals surface area contributed by atoms with E-state index in [9.17, 15) is 20.2 Å². The normalized spacial score (nSPS) is 18.7. The fraction of sp³-hybridized carbons (Fsp3) is 0.222. The number of hydrogen-bond acceptors (Lipinski definition) is 10. The van der Waals surface area contributed by atoms with Gasteiger partial charge in [0.15, 0.2) is 23.6 Å². The Labute approximate surface area is 170 Å². The molecule has 2 aromatic rings. The number of benzene rings is 2. The minimum absolute atomic E-state index is 0.0246. The van der Waals surface area contributed by atoms with Crippen molar-refractivity contribution >= 4 is 34.4 Å². The molecule has 0 spiro atoms. The Bertz CT molecular complexity index is 1080. The summed E-state index contributed by atoms with van der Waals surface area (Å²) in [6.45, 7) is 3.50. The van der Waals surface area contributed by atoms with Gasteiger partial charge in [0.1, 0.15) is 23.1 Å². The van der Waals surface area contributed by atoms with Gasteiger partial charge in [-0.15, -0.1) is 0 Å². The number of non-ortho nitro benzene ring substituents is 1. The molecule has 12 nitrogen and oxygen atoms in total. The minimum Gasteiger partial charge on any atom is -0.481 e. The summed E-state index contributed by atoms with van der Waals surface area (Å²) in [6.07, 6.45) is -0.640. The molecule has 0 saturated carbocycles. The molecule has 4 rings (SSSR count). The lowest BCUT2D eigenvalue weighted by molar-refractivity contribution is -0.384. The maximum atomic E-state index is 10.7. The van der Waals surface area contributed by atoms with Gasteiger partial charge in [0.25, 0.3) is 11.4 Å². The molecule has 0 bridgehead atoms. The van der Waals surface area contributed by atoms with Crippen LogP contribution < -0.4 is 20.9 Å². The van der Waals surface area contributed by atoms with Crippen LogP contribution in [-0.2, 0) is 0 Å². The number of aliphatic imine (C=N–C) groups is 2. The molecule has 2 atom stereocenters. The zero-order chi connectivity index (χ0) is 22.0. The van der Waals surface area contributed by atoms with E-state index in [1.807, 2.05) is 0 Å². The maximum absolute atomic E-state index is 10.7. The lowest BCUT2D eigenvalue weighted by Crippen LogP contribution is -2.33. The van der Waals surface area contributed by atoms with Gasteiger partial charge >= 0.3 is 0 Å². The molecule has 2 aliphatic rings. The Morgan fingerprint density at radius 1 is 0.900 bits per heavy atom. The van der Waals surface area contributed by atoms with Gasteiger partial charge in [-0.2, -0.15) is 0 Å². The summed E-state index contributed by atoms with van der Waals surface area (Å²) in [7, 11) is 0. The van der Waals surface area contributed by atoms with Crippen LogP contribution in [-0.4, -0.2) is 33.7 Å². The van der Waals surface area contributed by atoms with Crippen molar-refractivity contribution in [3.63, 3.8) is 0 Å². The van der Waals surface area contributed by atoms with E-state index in [0.29, 0.717) is 23.0 Å². The topological polar surface area (TPSA) is 182 Å². The molecule has 2 aliphatic heterocycles. The monoisotopic (exact) mass is 414 g/mol. The smallest absolute Gasteiger partial charge is 0.298 e. The van der Waals surface area contributed by atoms with E-state index in [2.05, 4.69) is 9.98 Å². The molecule has 156 valence electrons. The fourth-order valence-electron chi connectivity index (χ4n) is 2.62. The summed E-state index contributed by atoms with van der Waals surface area (Å²) in [5.41, 5.74) is 11.6. The first-order valence-electron chi connectivity index (χ1n) is 8.74. The number of rotatable bonds is 2. The molecular weight excluding hydrogens is 396 g/mol. The van der Waals surface area contributed by atoms with Crippen molar-refractivity contribution < 1.29 is 19.3 Å². The van der Waals surface area contributed by atoms with Gasteiger partial charge in [0.2, 0.25) is 0 Å². The van der Waals surface area contributed by atoms with E-state index in [0.717, 1.165) is 0 Å². The standard InChI is InChI=1S/2C9H9N3O3/c1-5-9(10)11-7-4-6(12(13)14)2-3-8(7)15-5;1-5-9(10)11-8-6(12(13)14)3-2-4-7(8)15-5/h2*2-5H,1H3,(H2,10,11). The average molecular weight is 414 g/mol. The lowest BCUT2D eigenvalue weighted by Gasteiger charge is -2.20. The third-order valence-electron chi connectivity index (χ3n) is 4.26. The largest absolute Gasteiger partial charge is 0.481 e. The Morgan fingerprint density at radius 2 is 1.53 bits per heavy atom. The van der Waals surface area contributed by atoms with Crippen molar-refractivity contribution in [2.24, 2.45) is 21.5 Å². The number of nitrogens with zero attached hydrogens (tertiary/aromatic N) is 4. The van der Waals surface area contributed by atoms with Crippen molar-refractivity contribution in [1.29, 1.82) is 0 Å². The number of amidine groups is 2. The molecule has 0 radical (unpaired) electrons. The summed E-state index contributed by atoms with van der Waals surface area (Å²) in [6, 6.07) is 8.81. The van der Waals surface area contributed by atoms with E-state index in [4.69, 9.17) is 20.9 Å². The molecule has 0 aliphatic carbocycles. The van der Waals surface area contributed by atoms with Crippen LogP contribution in [0.5, 0.6) is 11.5 Å². The fourth-order valence-corrected chi connectivity index (χ4v) is 2.62. The molecule has 0 saturated heterocycles. The predicted molar refractivity (Wildman–Crippen MR) is 109 cm³/mol. The SMILES string of the molecule is CC1Oc2ccc([N+](=O)[O-])cc2N=C1N.CC1Oc2cccc([N+](=O)[O-])c2N=C1N. The van der Waals surface area contributed by atoms with Gasteiger partial charge < -0.3 is 20.9 Å². The summed E-state index contributed by atoms with van der Waals surface area (Å²) in [5, 5.41) is 21.2. The molecule has 4 N–H and O–H groups in total. The van der Waals surface area contributed by atoms with Crippen molar-refractivity contribution in [3.05, 3.63) is 56.6 Å². The van der Waals surface area contributed by atoms with Gasteiger partial charge in [-0.05, 0) is 26.0 Å². The third kappa shape index (κ3) is 4.11. The number of nitro benzene ring substituents is 2. The Balaban J connectivity index is 0.000000171. The Hall–Kier alpha value is -4.22. The molecular formula is C18H18N6O6. The predicted octanol–water partition coefficient (Wildman–Crippen LogP) is 2.73. The summed E-state index contributed by atoms with van der Waals surface area (Å²) in [5.74, 6) is 1.48. The first-order valence-corrected chi connectivity index (χ1v) is 8.74. The molecule has 0 aromatic heterocycles. The van der Waals surface area contributed by atoms with Crippen molar-refractivity contribution in [2.45, 2.75) is 26.1 Å².